The lowest BCUT2D eigenvalue weighted by Gasteiger charge is -2.47. The van der Waals surface area contributed by atoms with Crippen LogP contribution in [-0.2, 0) is 0 Å². The summed E-state index contributed by atoms with van der Waals surface area (Å²) < 4.78 is 0. The summed E-state index contributed by atoms with van der Waals surface area (Å²) in [4.78, 5) is 40.0. The van der Waals surface area contributed by atoms with Gasteiger partial charge in [-0.3, -0.25) is 4.79 Å². The molecule has 2 N–H and O–H groups in total. The van der Waals surface area contributed by atoms with Crippen molar-refractivity contribution in [2.45, 2.75) is 77.3 Å². The summed E-state index contributed by atoms with van der Waals surface area (Å²) in [6.07, 6.45) is 8.47. The van der Waals surface area contributed by atoms with Crippen LogP contribution < -0.4 is 0 Å². The van der Waals surface area contributed by atoms with E-state index < -0.39 is 11.9 Å². The average molecular weight is 452 g/mol. The first-order valence-corrected chi connectivity index (χ1v) is 12.2. The van der Waals surface area contributed by atoms with Crippen LogP contribution in [0.25, 0.3) is 10.8 Å². The summed E-state index contributed by atoms with van der Waals surface area (Å²) in [7, 11) is 0. The fraction of sp³-hybridized carbons (Fsp3) is 0.519. The summed E-state index contributed by atoms with van der Waals surface area (Å²) in [5.74, 6) is -1.70. The maximum atomic E-state index is 14.3. The lowest BCUT2D eigenvalue weighted by Crippen LogP contribution is -2.54. The highest BCUT2D eigenvalue weighted by atomic mass is 16.4. The molecule has 0 aliphatic heterocycles. The predicted molar refractivity (Wildman–Crippen MR) is 127 cm³/mol. The Morgan fingerprint density at radius 1 is 0.788 bits per heavy atom. The van der Waals surface area contributed by atoms with Gasteiger partial charge in [-0.05, 0) is 66.5 Å². The van der Waals surface area contributed by atoms with E-state index in [1.165, 1.54) is 18.2 Å². The van der Waals surface area contributed by atoms with Crippen molar-refractivity contribution in [1.82, 2.24) is 4.90 Å². The molecule has 2 aromatic rings. The number of hydrogen-bond acceptors (Lipinski definition) is 3. The highest BCUT2D eigenvalue weighted by molar-refractivity contribution is 6.15. The van der Waals surface area contributed by atoms with E-state index in [0.717, 1.165) is 51.4 Å². The summed E-state index contributed by atoms with van der Waals surface area (Å²) in [5, 5.41) is 20.4. The second-order valence-electron chi connectivity index (χ2n) is 9.90. The number of nitrogens with zero attached hydrogens (tertiary/aromatic N) is 1. The minimum Gasteiger partial charge on any atom is -0.478 e. The highest BCUT2D eigenvalue weighted by Crippen LogP contribution is 2.38. The van der Waals surface area contributed by atoms with Crippen molar-refractivity contribution in [2.24, 2.45) is 11.8 Å². The first-order valence-electron chi connectivity index (χ1n) is 12.2. The SMILES string of the molecule is CC1CCCCC1N(C(=O)c1c(C(=O)O)ccc2cc(C(=O)O)ccc12)C1CCCCC1C. The molecular formula is C27H33NO5. The average Bonchev–Trinajstić information content (AvgIpc) is 2.80. The van der Waals surface area contributed by atoms with Crippen molar-refractivity contribution in [1.29, 1.82) is 0 Å². The Bertz CT molecular complexity index is 1060. The molecule has 0 heterocycles. The van der Waals surface area contributed by atoms with Gasteiger partial charge in [-0.15, -0.1) is 0 Å². The van der Waals surface area contributed by atoms with Crippen LogP contribution in [0.15, 0.2) is 30.3 Å². The second kappa shape index (κ2) is 9.54. The van der Waals surface area contributed by atoms with Crippen molar-refractivity contribution in [3.8, 4) is 0 Å². The van der Waals surface area contributed by atoms with Crippen LogP contribution in [-0.4, -0.2) is 45.0 Å². The van der Waals surface area contributed by atoms with Crippen LogP contribution in [0, 0.1) is 11.8 Å². The molecule has 4 unspecified atom stereocenters. The number of aromatic carboxylic acids is 2. The molecule has 2 aromatic carbocycles. The first-order chi connectivity index (χ1) is 15.8. The van der Waals surface area contributed by atoms with E-state index in [1.54, 1.807) is 12.1 Å². The molecule has 6 nitrogen and oxygen atoms in total. The molecule has 176 valence electrons. The van der Waals surface area contributed by atoms with Crippen LogP contribution in [0.1, 0.15) is 96.3 Å². The van der Waals surface area contributed by atoms with E-state index in [-0.39, 0.29) is 34.7 Å². The van der Waals surface area contributed by atoms with Crippen molar-refractivity contribution in [3.05, 3.63) is 47.0 Å². The number of fused-ring (bicyclic) bond motifs is 1. The number of carboxylic acids is 2. The smallest absolute Gasteiger partial charge is 0.336 e. The standard InChI is InChI=1S/C27H33NO5/c1-16-7-3-5-9-22(16)28(23-10-6-4-8-17(23)2)25(29)24-20-13-12-19(26(30)31)15-18(20)11-14-21(24)27(32)33/h11-17,22-23H,3-10H2,1-2H3,(H,30,31)(H,32,33). The number of amides is 1. The monoisotopic (exact) mass is 451 g/mol. The summed E-state index contributed by atoms with van der Waals surface area (Å²) in [6.45, 7) is 4.41. The third-order valence-electron chi connectivity index (χ3n) is 7.79. The second-order valence-corrected chi connectivity index (χ2v) is 9.90. The van der Waals surface area contributed by atoms with E-state index in [1.807, 2.05) is 4.90 Å². The molecule has 2 aliphatic rings. The number of hydrogen-bond donors (Lipinski definition) is 2. The fourth-order valence-corrected chi connectivity index (χ4v) is 5.97. The lowest BCUT2D eigenvalue weighted by atomic mass is 9.79. The zero-order valence-corrected chi connectivity index (χ0v) is 19.4. The molecule has 0 saturated heterocycles. The summed E-state index contributed by atoms with van der Waals surface area (Å²) in [6, 6.07) is 7.76. The van der Waals surface area contributed by atoms with Crippen molar-refractivity contribution in [3.63, 3.8) is 0 Å². The molecule has 2 saturated carbocycles. The van der Waals surface area contributed by atoms with E-state index in [0.29, 0.717) is 22.6 Å². The molecule has 0 spiro atoms. The molecule has 4 atom stereocenters. The Hall–Kier alpha value is -2.89. The van der Waals surface area contributed by atoms with Gasteiger partial charge in [0.15, 0.2) is 0 Å². The number of rotatable bonds is 5. The zero-order chi connectivity index (χ0) is 23.7. The predicted octanol–water partition coefficient (Wildman–Crippen LogP) is 5.84. The van der Waals surface area contributed by atoms with E-state index in [4.69, 9.17) is 0 Å². The Balaban J connectivity index is 1.88. The first kappa shape index (κ1) is 23.3. The largest absolute Gasteiger partial charge is 0.478 e. The summed E-state index contributed by atoms with van der Waals surface area (Å²) in [5.41, 5.74) is 0.280. The lowest BCUT2D eigenvalue weighted by molar-refractivity contribution is 0.0218. The molecule has 33 heavy (non-hydrogen) atoms. The molecule has 0 aromatic heterocycles. The summed E-state index contributed by atoms with van der Waals surface area (Å²) >= 11 is 0. The molecule has 2 fully saturated rings. The Kier molecular flexibility index (Phi) is 6.73. The molecule has 4 rings (SSSR count). The highest BCUT2D eigenvalue weighted by Gasteiger charge is 2.40. The Morgan fingerprint density at radius 2 is 1.36 bits per heavy atom. The quantitative estimate of drug-likeness (QED) is 0.596. The van der Waals surface area contributed by atoms with E-state index in [9.17, 15) is 24.6 Å². The number of carbonyl (C=O) groups excluding carboxylic acids is 1. The van der Waals surface area contributed by atoms with Gasteiger partial charge in [0.25, 0.3) is 5.91 Å². The molecule has 0 radical (unpaired) electrons. The third-order valence-corrected chi connectivity index (χ3v) is 7.79. The number of carbonyl (C=O) groups is 3. The van der Waals surface area contributed by atoms with E-state index in [2.05, 4.69) is 13.8 Å². The van der Waals surface area contributed by atoms with Gasteiger partial charge in [-0.2, -0.15) is 0 Å². The van der Waals surface area contributed by atoms with E-state index >= 15 is 0 Å². The van der Waals surface area contributed by atoms with Crippen LogP contribution in [0.3, 0.4) is 0 Å². The minimum absolute atomic E-state index is 0.0208. The molecule has 1 amide bonds. The van der Waals surface area contributed by atoms with Crippen molar-refractivity contribution in [2.75, 3.05) is 0 Å². The molecule has 6 heteroatoms. The van der Waals surface area contributed by atoms with Gasteiger partial charge < -0.3 is 15.1 Å². The normalized spacial score (nSPS) is 25.5. The molecule has 0 bridgehead atoms. The fourth-order valence-electron chi connectivity index (χ4n) is 5.97. The van der Waals surface area contributed by atoms with Gasteiger partial charge >= 0.3 is 11.9 Å². The zero-order valence-electron chi connectivity index (χ0n) is 19.4. The van der Waals surface area contributed by atoms with Crippen molar-refractivity contribution >= 4 is 28.6 Å². The maximum absolute atomic E-state index is 14.3. The van der Waals surface area contributed by atoms with Crippen LogP contribution in [0.2, 0.25) is 0 Å². The van der Waals surface area contributed by atoms with Crippen LogP contribution >= 0.6 is 0 Å². The van der Waals surface area contributed by atoms with Gasteiger partial charge in [-0.25, -0.2) is 9.59 Å². The van der Waals surface area contributed by atoms with Gasteiger partial charge in [0.1, 0.15) is 0 Å². The van der Waals surface area contributed by atoms with Gasteiger partial charge in [0, 0.05) is 12.1 Å². The third kappa shape index (κ3) is 4.48. The Labute approximate surface area is 194 Å². The van der Waals surface area contributed by atoms with Crippen LogP contribution in [0.5, 0.6) is 0 Å². The van der Waals surface area contributed by atoms with Gasteiger partial charge in [0.2, 0.25) is 0 Å². The molecular weight excluding hydrogens is 418 g/mol. The molecule has 2 aliphatic carbocycles. The van der Waals surface area contributed by atoms with Crippen molar-refractivity contribution < 1.29 is 24.6 Å². The number of carboxylic acid groups (broad SMARTS) is 2. The topological polar surface area (TPSA) is 94.9 Å². The number of benzene rings is 2. The van der Waals surface area contributed by atoms with Crippen LogP contribution in [0.4, 0.5) is 0 Å². The Morgan fingerprint density at radius 3 is 1.88 bits per heavy atom. The van der Waals surface area contributed by atoms with Gasteiger partial charge in [0.05, 0.1) is 16.7 Å². The maximum Gasteiger partial charge on any atom is 0.336 e. The van der Waals surface area contributed by atoms with Gasteiger partial charge in [-0.1, -0.05) is 51.7 Å². The minimum atomic E-state index is -1.14.